The minimum absolute atomic E-state index is 0.188. The first-order valence-electron chi connectivity index (χ1n) is 7.91. The summed E-state index contributed by atoms with van der Waals surface area (Å²) in [4.78, 5) is 21.2. The highest BCUT2D eigenvalue weighted by atomic mass is 16.3. The van der Waals surface area contributed by atoms with Gasteiger partial charge in [0.1, 0.15) is 29.0 Å². The molecule has 0 fully saturated rings. The molecule has 2 aromatic heterocycles. The lowest BCUT2D eigenvalue weighted by atomic mass is 9.96. The summed E-state index contributed by atoms with van der Waals surface area (Å²) in [6.45, 7) is 1.55. The second-order valence-electron chi connectivity index (χ2n) is 5.83. The molecule has 4 N–H and O–H groups in total. The maximum atomic E-state index is 9.73. The number of nitrogens with zero attached hydrogens (tertiary/aromatic N) is 4. The Balaban J connectivity index is 0.000000659. The Morgan fingerprint density at radius 3 is 2.59 bits per heavy atom. The lowest BCUT2D eigenvalue weighted by Gasteiger charge is -2.12. The lowest BCUT2D eigenvalue weighted by Crippen LogP contribution is -2.03. The summed E-state index contributed by atoms with van der Waals surface area (Å²) < 4.78 is 0. The van der Waals surface area contributed by atoms with Crippen LogP contribution in [0.1, 0.15) is 22.5 Å². The van der Waals surface area contributed by atoms with Crippen LogP contribution in [0.5, 0.6) is 5.75 Å². The predicted octanol–water partition coefficient (Wildman–Crippen LogP) is 2.28. The molecule has 0 spiro atoms. The Morgan fingerprint density at radius 2 is 1.96 bits per heavy atom. The van der Waals surface area contributed by atoms with E-state index in [1.807, 2.05) is 6.07 Å². The number of fused-ring (bicyclic) bond motifs is 3. The number of phenols is 1. The molecule has 3 aromatic rings. The Labute approximate surface area is 154 Å². The van der Waals surface area contributed by atoms with Crippen molar-refractivity contribution in [3.63, 3.8) is 0 Å². The molecule has 134 valence electrons. The number of hydrogen-bond acceptors (Lipinski definition) is 7. The number of aromatic hydroxyl groups is 1. The summed E-state index contributed by atoms with van der Waals surface area (Å²) in [7, 11) is 0. The minimum atomic E-state index is -0.250. The van der Waals surface area contributed by atoms with E-state index in [0.29, 0.717) is 17.8 Å². The molecule has 27 heavy (non-hydrogen) atoms. The van der Waals surface area contributed by atoms with Crippen molar-refractivity contribution in [2.24, 2.45) is 0 Å². The number of nitriles is 1. The molecule has 4 rings (SSSR count). The van der Waals surface area contributed by atoms with Crippen LogP contribution in [0.3, 0.4) is 0 Å². The Morgan fingerprint density at radius 1 is 1.30 bits per heavy atom. The number of carbonyl (C=O) groups is 1. The molecule has 0 amide bonds. The third-order valence-electron chi connectivity index (χ3n) is 4.22. The summed E-state index contributed by atoms with van der Waals surface area (Å²) in [5, 5.41) is 26.2. The van der Waals surface area contributed by atoms with Crippen LogP contribution < -0.4 is 5.73 Å². The highest BCUT2D eigenvalue weighted by Gasteiger charge is 2.27. The fourth-order valence-corrected chi connectivity index (χ4v) is 3.14. The monoisotopic (exact) mass is 361 g/mol. The quantitative estimate of drug-likeness (QED) is 0.438. The van der Waals surface area contributed by atoms with Crippen LogP contribution in [0.4, 0.5) is 5.82 Å². The van der Waals surface area contributed by atoms with Gasteiger partial charge in [0.05, 0.1) is 5.69 Å². The van der Waals surface area contributed by atoms with Gasteiger partial charge in [-0.05, 0) is 36.2 Å². The van der Waals surface area contributed by atoms with Crippen LogP contribution in [-0.2, 0) is 11.2 Å². The molecule has 8 heteroatoms. The Hall–Kier alpha value is -3.99. The van der Waals surface area contributed by atoms with Gasteiger partial charge >= 0.3 is 0 Å². The van der Waals surface area contributed by atoms with Gasteiger partial charge in [-0.1, -0.05) is 0 Å². The molecule has 0 unspecified atom stereocenters. The maximum absolute atomic E-state index is 9.73. The largest absolute Gasteiger partial charge is 0.508 e. The number of phenolic OH excluding ortho intramolecular Hbond substituents is 1. The first-order valence-corrected chi connectivity index (χ1v) is 7.91. The average Bonchev–Trinajstić information content (AvgIpc) is 2.99. The Bertz CT molecular complexity index is 1070. The van der Waals surface area contributed by atoms with Crippen molar-refractivity contribution in [3.05, 3.63) is 53.1 Å². The molecular weight excluding hydrogens is 346 g/mol. The van der Waals surface area contributed by atoms with Gasteiger partial charge in [-0.25, -0.2) is 15.0 Å². The molecule has 0 aliphatic heterocycles. The normalized spacial score (nSPS) is 10.8. The Kier molecular flexibility index (Phi) is 4.68. The number of nitrogens with two attached hydrogens (primary N) is 1. The van der Waals surface area contributed by atoms with Crippen molar-refractivity contribution < 1.29 is 15.0 Å². The number of benzene rings is 1. The highest BCUT2D eigenvalue weighted by Crippen LogP contribution is 2.43. The lowest BCUT2D eigenvalue weighted by molar-refractivity contribution is -0.122. The zero-order valence-electron chi connectivity index (χ0n) is 14.3. The molecule has 2 heterocycles. The number of carboxylic acid groups (broad SMARTS) is 1. The van der Waals surface area contributed by atoms with Gasteiger partial charge in [0.15, 0.2) is 0 Å². The van der Waals surface area contributed by atoms with Gasteiger partial charge in [-0.3, -0.25) is 4.79 Å². The fourth-order valence-electron chi connectivity index (χ4n) is 3.14. The first-order chi connectivity index (χ1) is 13.0. The molecule has 0 saturated heterocycles. The van der Waals surface area contributed by atoms with Crippen LogP contribution in [-0.4, -0.2) is 31.6 Å². The summed E-state index contributed by atoms with van der Waals surface area (Å²) in [6.07, 6.45) is 3.96. The zero-order chi connectivity index (χ0) is 19.6. The molecule has 0 saturated carbocycles. The molecule has 1 aliphatic carbocycles. The van der Waals surface area contributed by atoms with E-state index in [2.05, 4.69) is 21.0 Å². The van der Waals surface area contributed by atoms with Crippen molar-refractivity contribution in [2.75, 3.05) is 5.73 Å². The second kappa shape index (κ2) is 7.09. The number of aryl methyl sites for hydroxylation is 1. The average molecular weight is 361 g/mol. The minimum Gasteiger partial charge on any atom is -0.508 e. The first kappa shape index (κ1) is 17.8. The second-order valence-corrected chi connectivity index (χ2v) is 5.83. The molecular formula is C19H15N5O3. The van der Waals surface area contributed by atoms with Crippen LogP contribution in [0.25, 0.3) is 22.4 Å². The number of nitrogen functional groups attached to an aromatic ring is 1. The van der Waals surface area contributed by atoms with Gasteiger partial charge in [0.25, 0.3) is 6.47 Å². The van der Waals surface area contributed by atoms with E-state index in [-0.39, 0.29) is 18.0 Å². The van der Waals surface area contributed by atoms with Crippen LogP contribution in [0, 0.1) is 18.3 Å². The third kappa shape index (κ3) is 3.14. The van der Waals surface area contributed by atoms with Gasteiger partial charge in [-0.2, -0.15) is 5.26 Å². The van der Waals surface area contributed by atoms with E-state index in [1.54, 1.807) is 31.5 Å². The van der Waals surface area contributed by atoms with Gasteiger partial charge in [0, 0.05) is 35.5 Å². The molecule has 1 aromatic carbocycles. The smallest absolute Gasteiger partial charge is 0.290 e. The summed E-state index contributed by atoms with van der Waals surface area (Å²) in [6, 6.07) is 7.32. The number of anilines is 1. The van der Waals surface area contributed by atoms with Crippen molar-refractivity contribution in [1.29, 1.82) is 5.26 Å². The summed E-state index contributed by atoms with van der Waals surface area (Å²) in [5.41, 5.74) is 11.4. The van der Waals surface area contributed by atoms with E-state index >= 15 is 0 Å². The molecule has 1 aliphatic rings. The number of hydrogen-bond donors (Lipinski definition) is 3. The molecule has 0 atom stereocenters. The fraction of sp³-hybridized carbons (Fsp3) is 0.105. The van der Waals surface area contributed by atoms with Crippen molar-refractivity contribution in [1.82, 2.24) is 15.0 Å². The number of pyridine rings is 1. The number of rotatable bonds is 1. The molecule has 0 radical (unpaired) electrons. The SMILES string of the molecule is Cc1ncc(-c2c(C#N)c(N)nc3c2Cc2cc(O)ccc2-3)cn1.O=CO. The van der Waals surface area contributed by atoms with Crippen LogP contribution >= 0.6 is 0 Å². The van der Waals surface area contributed by atoms with Gasteiger partial charge < -0.3 is 15.9 Å². The van der Waals surface area contributed by atoms with Gasteiger partial charge in [-0.15, -0.1) is 0 Å². The highest BCUT2D eigenvalue weighted by molar-refractivity contribution is 5.88. The van der Waals surface area contributed by atoms with Gasteiger partial charge in [0.2, 0.25) is 0 Å². The summed E-state index contributed by atoms with van der Waals surface area (Å²) >= 11 is 0. The predicted molar refractivity (Wildman–Crippen MR) is 97.7 cm³/mol. The van der Waals surface area contributed by atoms with E-state index in [9.17, 15) is 10.4 Å². The van der Waals surface area contributed by atoms with Crippen molar-refractivity contribution >= 4 is 12.3 Å². The van der Waals surface area contributed by atoms with Crippen molar-refractivity contribution in [3.8, 4) is 34.2 Å². The number of aromatic nitrogens is 3. The van der Waals surface area contributed by atoms with E-state index in [4.69, 9.17) is 15.6 Å². The van der Waals surface area contributed by atoms with Crippen LogP contribution in [0.2, 0.25) is 0 Å². The zero-order valence-corrected chi connectivity index (χ0v) is 14.3. The van der Waals surface area contributed by atoms with E-state index in [1.165, 1.54) is 0 Å². The molecule has 0 bridgehead atoms. The van der Waals surface area contributed by atoms with Crippen LogP contribution in [0.15, 0.2) is 30.6 Å². The van der Waals surface area contributed by atoms with Crippen molar-refractivity contribution in [2.45, 2.75) is 13.3 Å². The summed E-state index contributed by atoms with van der Waals surface area (Å²) in [5.74, 6) is 1.05. The third-order valence-corrected chi connectivity index (χ3v) is 4.22. The molecule has 8 nitrogen and oxygen atoms in total. The standard InChI is InChI=1S/C18H13N5O.CH2O2/c1-9-21-7-11(8-22-9)16-14-5-10-4-12(24)2-3-13(10)17(14)23-18(20)15(16)6-19;2-1-3/h2-4,7-8,24H,5H2,1H3,(H2,20,23);1H,(H,2,3). The topological polar surface area (TPSA) is 146 Å². The van der Waals surface area contributed by atoms with E-state index < -0.39 is 0 Å². The maximum Gasteiger partial charge on any atom is 0.290 e. The van der Waals surface area contributed by atoms with E-state index in [0.717, 1.165) is 33.5 Å².